The predicted molar refractivity (Wildman–Crippen MR) is 81.2 cm³/mol. The minimum atomic E-state index is -0.127. The largest absolute Gasteiger partial charge is 0.490 e. The van der Waals surface area contributed by atoms with Crippen molar-refractivity contribution in [3.05, 3.63) is 58.3 Å². The van der Waals surface area contributed by atoms with Crippen LogP contribution >= 0.6 is 15.9 Å². The molecular formula is C15H16BrN3O. The Labute approximate surface area is 126 Å². The molecule has 0 bridgehead atoms. The Morgan fingerprint density at radius 1 is 1.20 bits per heavy atom. The van der Waals surface area contributed by atoms with Crippen LogP contribution in [0.25, 0.3) is 0 Å². The fourth-order valence-corrected chi connectivity index (χ4v) is 2.26. The number of pyridine rings is 1. The first-order valence-corrected chi connectivity index (χ1v) is 7.40. The van der Waals surface area contributed by atoms with E-state index in [1.165, 1.54) is 0 Å². The lowest BCUT2D eigenvalue weighted by Gasteiger charge is -2.16. The molecule has 1 fully saturated rings. The van der Waals surface area contributed by atoms with Crippen molar-refractivity contribution in [1.82, 2.24) is 10.4 Å². The number of nitrogens with zero attached hydrogens (tertiary/aromatic N) is 1. The van der Waals surface area contributed by atoms with Gasteiger partial charge in [-0.25, -0.2) is 5.43 Å². The van der Waals surface area contributed by atoms with Crippen LogP contribution in [0.5, 0.6) is 5.75 Å². The van der Waals surface area contributed by atoms with Gasteiger partial charge >= 0.3 is 0 Å². The van der Waals surface area contributed by atoms with Gasteiger partial charge in [0, 0.05) is 10.7 Å². The SMILES string of the molecule is NNC(c1ccc(OC2CC2)cc1)c1ccc(Br)cn1. The van der Waals surface area contributed by atoms with Gasteiger partial charge in [0.2, 0.25) is 0 Å². The standard InChI is InChI=1S/C15H16BrN3O/c16-11-3-8-14(18-9-11)15(19-17)10-1-4-12(5-2-10)20-13-6-7-13/h1-5,8-9,13,15,19H,6-7,17H2. The summed E-state index contributed by atoms with van der Waals surface area (Å²) < 4.78 is 6.69. The molecule has 0 spiro atoms. The highest BCUT2D eigenvalue weighted by Crippen LogP contribution is 2.28. The van der Waals surface area contributed by atoms with E-state index < -0.39 is 0 Å². The molecule has 1 aliphatic carbocycles. The normalized spacial score (nSPS) is 15.9. The van der Waals surface area contributed by atoms with Gasteiger partial charge < -0.3 is 4.74 Å². The first kappa shape index (κ1) is 13.5. The summed E-state index contributed by atoms with van der Waals surface area (Å²) in [5.74, 6) is 6.58. The van der Waals surface area contributed by atoms with E-state index in [1.807, 2.05) is 36.4 Å². The monoisotopic (exact) mass is 333 g/mol. The van der Waals surface area contributed by atoms with Gasteiger partial charge in [-0.1, -0.05) is 12.1 Å². The number of aromatic nitrogens is 1. The van der Waals surface area contributed by atoms with E-state index in [0.29, 0.717) is 6.10 Å². The zero-order chi connectivity index (χ0) is 13.9. The molecule has 0 saturated heterocycles. The van der Waals surface area contributed by atoms with Gasteiger partial charge in [0.1, 0.15) is 5.75 Å². The number of halogens is 1. The van der Waals surface area contributed by atoms with Gasteiger partial charge in [-0.15, -0.1) is 0 Å². The lowest BCUT2D eigenvalue weighted by Crippen LogP contribution is -2.29. The smallest absolute Gasteiger partial charge is 0.119 e. The van der Waals surface area contributed by atoms with E-state index in [9.17, 15) is 0 Å². The average Bonchev–Trinajstić information content (AvgIpc) is 3.27. The number of ether oxygens (including phenoxy) is 1. The lowest BCUT2D eigenvalue weighted by molar-refractivity contribution is 0.303. The second-order valence-corrected chi connectivity index (χ2v) is 5.80. The Balaban J connectivity index is 1.79. The third kappa shape index (κ3) is 3.17. The number of hydrogen-bond donors (Lipinski definition) is 2. The highest BCUT2D eigenvalue weighted by molar-refractivity contribution is 9.10. The first-order chi connectivity index (χ1) is 9.76. The van der Waals surface area contributed by atoms with Crippen LogP contribution in [0, 0.1) is 0 Å². The first-order valence-electron chi connectivity index (χ1n) is 6.60. The molecule has 1 saturated carbocycles. The Hall–Kier alpha value is -1.43. The van der Waals surface area contributed by atoms with Crippen molar-refractivity contribution in [2.45, 2.75) is 25.0 Å². The van der Waals surface area contributed by atoms with Gasteiger partial charge in [0.15, 0.2) is 0 Å². The van der Waals surface area contributed by atoms with Crippen LogP contribution in [0.15, 0.2) is 47.1 Å². The van der Waals surface area contributed by atoms with Gasteiger partial charge in [-0.3, -0.25) is 10.8 Å². The van der Waals surface area contributed by atoms with Crippen molar-refractivity contribution in [1.29, 1.82) is 0 Å². The van der Waals surface area contributed by atoms with Crippen molar-refractivity contribution >= 4 is 15.9 Å². The molecule has 1 heterocycles. The van der Waals surface area contributed by atoms with Gasteiger partial charge in [0.05, 0.1) is 17.8 Å². The van der Waals surface area contributed by atoms with Crippen molar-refractivity contribution in [2.75, 3.05) is 0 Å². The molecule has 2 aromatic rings. The van der Waals surface area contributed by atoms with Crippen LogP contribution in [-0.2, 0) is 0 Å². The summed E-state index contributed by atoms with van der Waals surface area (Å²) in [6.45, 7) is 0. The minimum absolute atomic E-state index is 0.127. The molecule has 1 aromatic heterocycles. The maximum absolute atomic E-state index is 5.74. The highest BCUT2D eigenvalue weighted by atomic mass is 79.9. The Morgan fingerprint density at radius 2 is 1.95 bits per heavy atom. The summed E-state index contributed by atoms with van der Waals surface area (Å²) in [4.78, 5) is 4.39. The van der Waals surface area contributed by atoms with E-state index in [0.717, 1.165) is 34.3 Å². The molecular weight excluding hydrogens is 318 g/mol. The third-order valence-electron chi connectivity index (χ3n) is 3.25. The minimum Gasteiger partial charge on any atom is -0.490 e. The molecule has 20 heavy (non-hydrogen) atoms. The zero-order valence-electron chi connectivity index (χ0n) is 10.9. The molecule has 3 N–H and O–H groups in total. The van der Waals surface area contributed by atoms with E-state index in [4.69, 9.17) is 10.6 Å². The van der Waals surface area contributed by atoms with Crippen LogP contribution in [0.4, 0.5) is 0 Å². The number of hydrazine groups is 1. The Bertz CT molecular complexity index is 567. The molecule has 1 atom stereocenters. The van der Waals surface area contributed by atoms with Crippen LogP contribution in [0.2, 0.25) is 0 Å². The Kier molecular flexibility index (Phi) is 4.00. The maximum atomic E-state index is 5.74. The van der Waals surface area contributed by atoms with Gasteiger partial charge in [-0.2, -0.15) is 0 Å². The van der Waals surface area contributed by atoms with E-state index >= 15 is 0 Å². The number of rotatable bonds is 5. The lowest BCUT2D eigenvalue weighted by atomic mass is 10.0. The summed E-state index contributed by atoms with van der Waals surface area (Å²) in [6, 6.07) is 11.8. The molecule has 5 heteroatoms. The fourth-order valence-electron chi connectivity index (χ4n) is 2.03. The van der Waals surface area contributed by atoms with Crippen molar-refractivity contribution < 1.29 is 4.74 Å². The molecule has 0 radical (unpaired) electrons. The number of benzene rings is 1. The maximum Gasteiger partial charge on any atom is 0.119 e. The summed E-state index contributed by atoms with van der Waals surface area (Å²) in [5, 5.41) is 0. The van der Waals surface area contributed by atoms with E-state index in [2.05, 4.69) is 26.3 Å². The summed E-state index contributed by atoms with van der Waals surface area (Å²) in [6.07, 6.45) is 4.51. The van der Waals surface area contributed by atoms with Crippen molar-refractivity contribution in [3.8, 4) is 5.75 Å². The zero-order valence-corrected chi connectivity index (χ0v) is 12.5. The second-order valence-electron chi connectivity index (χ2n) is 4.89. The van der Waals surface area contributed by atoms with Gasteiger partial charge in [0.25, 0.3) is 0 Å². The quantitative estimate of drug-likeness (QED) is 0.652. The topological polar surface area (TPSA) is 60.2 Å². The van der Waals surface area contributed by atoms with Crippen LogP contribution in [0.1, 0.15) is 30.1 Å². The van der Waals surface area contributed by atoms with Crippen molar-refractivity contribution in [2.24, 2.45) is 5.84 Å². The fraction of sp³-hybridized carbons (Fsp3) is 0.267. The third-order valence-corrected chi connectivity index (χ3v) is 3.72. The van der Waals surface area contributed by atoms with Crippen LogP contribution in [0.3, 0.4) is 0 Å². The molecule has 1 aliphatic rings. The van der Waals surface area contributed by atoms with E-state index in [1.54, 1.807) is 6.20 Å². The number of nitrogens with one attached hydrogen (secondary N) is 1. The van der Waals surface area contributed by atoms with E-state index in [-0.39, 0.29) is 6.04 Å². The molecule has 4 nitrogen and oxygen atoms in total. The number of hydrogen-bond acceptors (Lipinski definition) is 4. The second kappa shape index (κ2) is 5.91. The Morgan fingerprint density at radius 3 is 2.50 bits per heavy atom. The van der Waals surface area contributed by atoms with Crippen molar-refractivity contribution in [3.63, 3.8) is 0 Å². The van der Waals surface area contributed by atoms with Crippen LogP contribution < -0.4 is 16.0 Å². The summed E-state index contributed by atoms with van der Waals surface area (Å²) >= 11 is 3.38. The molecule has 1 aromatic carbocycles. The molecule has 0 amide bonds. The molecule has 3 rings (SSSR count). The molecule has 104 valence electrons. The predicted octanol–water partition coefficient (Wildman–Crippen LogP) is 2.94. The summed E-state index contributed by atoms with van der Waals surface area (Å²) in [5.41, 5.74) is 4.75. The molecule has 1 unspecified atom stereocenters. The highest BCUT2D eigenvalue weighted by Gasteiger charge is 2.23. The number of nitrogens with two attached hydrogens (primary N) is 1. The average molecular weight is 334 g/mol. The summed E-state index contributed by atoms with van der Waals surface area (Å²) in [7, 11) is 0. The van der Waals surface area contributed by atoms with Crippen LogP contribution in [-0.4, -0.2) is 11.1 Å². The van der Waals surface area contributed by atoms with Gasteiger partial charge in [-0.05, 0) is 58.6 Å². The molecule has 0 aliphatic heterocycles.